The molecule has 5 nitrogen and oxygen atoms in total. The topological polar surface area (TPSA) is 59.0 Å². The highest BCUT2D eigenvalue weighted by molar-refractivity contribution is 6.55. The summed E-state index contributed by atoms with van der Waals surface area (Å²) in [6.07, 6.45) is 2.18. The van der Waals surface area contributed by atoms with Crippen molar-refractivity contribution in [3.63, 3.8) is 0 Å². The number of amides is 1. The molecule has 0 aromatic heterocycles. The highest BCUT2D eigenvalue weighted by Crippen LogP contribution is 2.36. The second-order valence-corrected chi connectivity index (χ2v) is 6.53. The molecule has 2 aromatic rings. The monoisotopic (exact) mass is 364 g/mol. The van der Waals surface area contributed by atoms with Gasteiger partial charge < -0.3 is 4.74 Å². The Kier molecular flexibility index (Phi) is 5.69. The van der Waals surface area contributed by atoms with Crippen LogP contribution in [0.15, 0.2) is 53.5 Å². The highest BCUT2D eigenvalue weighted by atomic mass is 16.5. The van der Waals surface area contributed by atoms with Crippen molar-refractivity contribution in [1.82, 2.24) is 0 Å². The van der Waals surface area contributed by atoms with E-state index >= 15 is 0 Å². The molecule has 0 radical (unpaired) electrons. The van der Waals surface area contributed by atoms with Gasteiger partial charge in [-0.1, -0.05) is 44.2 Å². The largest absolute Gasteiger partial charge is 0.443 e. The first-order chi connectivity index (χ1) is 13.1. The fourth-order valence-electron chi connectivity index (χ4n) is 3.45. The summed E-state index contributed by atoms with van der Waals surface area (Å²) < 4.78 is 4.88. The number of carbonyl (C=O) groups is 2. The minimum absolute atomic E-state index is 0.161. The lowest BCUT2D eigenvalue weighted by Gasteiger charge is -2.19. The Balaban J connectivity index is 1.94. The van der Waals surface area contributed by atoms with Gasteiger partial charge in [-0.25, -0.2) is 4.99 Å². The lowest BCUT2D eigenvalue weighted by atomic mass is 9.94. The van der Waals surface area contributed by atoms with Crippen LogP contribution in [0.5, 0.6) is 0 Å². The maximum absolute atomic E-state index is 13.0. The maximum Gasteiger partial charge on any atom is 0.304 e. The average molecular weight is 364 g/mol. The second kappa shape index (κ2) is 8.16. The van der Waals surface area contributed by atoms with E-state index in [4.69, 9.17) is 4.74 Å². The van der Waals surface area contributed by atoms with Gasteiger partial charge in [0, 0.05) is 18.2 Å². The Morgan fingerprint density at radius 2 is 1.74 bits per heavy atom. The Morgan fingerprint density at radius 1 is 1.07 bits per heavy atom. The van der Waals surface area contributed by atoms with E-state index in [1.54, 1.807) is 4.90 Å². The quantitative estimate of drug-likeness (QED) is 0.705. The van der Waals surface area contributed by atoms with Gasteiger partial charge in [0.15, 0.2) is 6.73 Å². The summed E-state index contributed by atoms with van der Waals surface area (Å²) in [5.41, 5.74) is 3.95. The molecule has 27 heavy (non-hydrogen) atoms. The molecule has 2 aromatic carbocycles. The molecule has 0 saturated carbocycles. The SMILES string of the molecule is CCC(CC)c1ccc(N2C(=O)/C(=N/COC(C)=O)c3ccccc32)cc1. The average Bonchev–Trinajstić information content (AvgIpc) is 2.95. The number of fused-ring (bicyclic) bond motifs is 1. The zero-order valence-electron chi connectivity index (χ0n) is 15.9. The molecule has 0 bridgehead atoms. The minimum atomic E-state index is -0.424. The number of anilines is 2. The lowest BCUT2D eigenvalue weighted by molar-refractivity contribution is -0.140. The zero-order valence-corrected chi connectivity index (χ0v) is 15.9. The molecule has 0 unspecified atom stereocenters. The predicted molar refractivity (Wildman–Crippen MR) is 107 cm³/mol. The number of hydrogen-bond donors (Lipinski definition) is 0. The molecule has 0 N–H and O–H groups in total. The molecule has 3 rings (SSSR count). The van der Waals surface area contributed by atoms with E-state index in [0.29, 0.717) is 11.6 Å². The van der Waals surface area contributed by atoms with Crippen LogP contribution in [0.25, 0.3) is 0 Å². The van der Waals surface area contributed by atoms with Crippen LogP contribution in [-0.2, 0) is 14.3 Å². The highest BCUT2D eigenvalue weighted by Gasteiger charge is 2.34. The van der Waals surface area contributed by atoms with Gasteiger partial charge >= 0.3 is 5.97 Å². The van der Waals surface area contributed by atoms with Crippen molar-refractivity contribution < 1.29 is 14.3 Å². The van der Waals surface area contributed by atoms with Gasteiger partial charge in [-0.2, -0.15) is 0 Å². The van der Waals surface area contributed by atoms with Crippen LogP contribution in [0.3, 0.4) is 0 Å². The van der Waals surface area contributed by atoms with Crippen molar-refractivity contribution in [1.29, 1.82) is 0 Å². The molecule has 1 aliphatic rings. The second-order valence-electron chi connectivity index (χ2n) is 6.53. The summed E-state index contributed by atoms with van der Waals surface area (Å²) in [6.45, 7) is 5.53. The minimum Gasteiger partial charge on any atom is -0.443 e. The number of hydrogen-bond acceptors (Lipinski definition) is 4. The van der Waals surface area contributed by atoms with Crippen molar-refractivity contribution in [2.45, 2.75) is 39.5 Å². The molecular formula is C22H24N2O3. The van der Waals surface area contributed by atoms with Crippen LogP contribution in [0.4, 0.5) is 11.4 Å². The Hall–Kier alpha value is -2.95. The van der Waals surface area contributed by atoms with E-state index in [1.165, 1.54) is 12.5 Å². The first-order valence-electron chi connectivity index (χ1n) is 9.28. The van der Waals surface area contributed by atoms with Gasteiger partial charge in [0.1, 0.15) is 5.71 Å². The van der Waals surface area contributed by atoms with Crippen LogP contribution < -0.4 is 4.90 Å². The molecule has 0 aliphatic carbocycles. The zero-order chi connectivity index (χ0) is 19.4. The third-order valence-electron chi connectivity index (χ3n) is 4.90. The van der Waals surface area contributed by atoms with E-state index in [-0.39, 0.29) is 12.6 Å². The Labute approximate surface area is 159 Å². The van der Waals surface area contributed by atoms with E-state index in [2.05, 4.69) is 31.0 Å². The first kappa shape index (κ1) is 18.8. The Morgan fingerprint density at radius 3 is 2.37 bits per heavy atom. The van der Waals surface area contributed by atoms with Gasteiger partial charge in [0.05, 0.1) is 5.69 Å². The third-order valence-corrected chi connectivity index (χ3v) is 4.90. The number of esters is 1. The summed E-state index contributed by atoms with van der Waals surface area (Å²) in [5, 5.41) is 0. The molecule has 0 atom stereocenters. The van der Waals surface area contributed by atoms with Crippen LogP contribution in [0, 0.1) is 0 Å². The first-order valence-corrected chi connectivity index (χ1v) is 9.28. The van der Waals surface area contributed by atoms with Crippen molar-refractivity contribution in [3.05, 3.63) is 59.7 Å². The van der Waals surface area contributed by atoms with Crippen molar-refractivity contribution in [3.8, 4) is 0 Å². The fraction of sp³-hybridized carbons (Fsp3) is 0.318. The molecular weight excluding hydrogens is 340 g/mol. The normalized spacial score (nSPS) is 14.7. The van der Waals surface area contributed by atoms with Crippen molar-refractivity contribution >= 4 is 29.0 Å². The molecule has 1 aliphatic heterocycles. The summed E-state index contributed by atoms with van der Waals surface area (Å²) in [6, 6.07) is 15.7. The number of para-hydroxylation sites is 1. The molecule has 0 saturated heterocycles. The number of aliphatic imine (C=N–C) groups is 1. The molecule has 1 amide bonds. The van der Waals surface area contributed by atoms with Crippen LogP contribution in [0.1, 0.15) is 50.7 Å². The van der Waals surface area contributed by atoms with E-state index in [0.717, 1.165) is 29.8 Å². The van der Waals surface area contributed by atoms with Crippen molar-refractivity contribution in [2.75, 3.05) is 11.6 Å². The van der Waals surface area contributed by atoms with Gasteiger partial charge in [0.25, 0.3) is 5.91 Å². The molecule has 140 valence electrons. The molecule has 0 fully saturated rings. The number of ether oxygens (including phenoxy) is 1. The summed E-state index contributed by atoms with van der Waals surface area (Å²) >= 11 is 0. The molecule has 1 heterocycles. The van der Waals surface area contributed by atoms with E-state index in [9.17, 15) is 9.59 Å². The number of carbonyl (C=O) groups excluding carboxylic acids is 2. The van der Waals surface area contributed by atoms with Gasteiger partial charge in [0.2, 0.25) is 0 Å². The lowest BCUT2D eigenvalue weighted by Crippen LogP contribution is -2.25. The standard InChI is InChI=1S/C22H24N2O3/c1-4-16(5-2)17-10-12-18(13-11-17)24-20-9-7-6-8-19(20)21(22(24)26)23-14-27-15(3)25/h6-13,16H,4-5,14H2,1-3H3/b23-21+. The van der Waals surface area contributed by atoms with Gasteiger partial charge in [-0.3, -0.25) is 14.5 Å². The summed E-state index contributed by atoms with van der Waals surface area (Å²) in [7, 11) is 0. The van der Waals surface area contributed by atoms with Gasteiger partial charge in [-0.05, 0) is 42.5 Å². The molecule has 0 spiro atoms. The predicted octanol–water partition coefficient (Wildman–Crippen LogP) is 4.58. The summed E-state index contributed by atoms with van der Waals surface area (Å²) in [5.74, 6) is -0.105. The summed E-state index contributed by atoms with van der Waals surface area (Å²) in [4.78, 5) is 29.9. The fourth-order valence-corrected chi connectivity index (χ4v) is 3.45. The smallest absolute Gasteiger partial charge is 0.304 e. The van der Waals surface area contributed by atoms with E-state index < -0.39 is 5.97 Å². The molecule has 5 heteroatoms. The van der Waals surface area contributed by atoms with E-state index in [1.807, 2.05) is 36.4 Å². The van der Waals surface area contributed by atoms with Crippen LogP contribution in [-0.4, -0.2) is 24.3 Å². The van der Waals surface area contributed by atoms with Crippen LogP contribution >= 0.6 is 0 Å². The van der Waals surface area contributed by atoms with Crippen LogP contribution in [0.2, 0.25) is 0 Å². The third kappa shape index (κ3) is 3.77. The number of benzene rings is 2. The number of rotatable bonds is 6. The maximum atomic E-state index is 13.0. The van der Waals surface area contributed by atoms with Crippen molar-refractivity contribution in [2.24, 2.45) is 4.99 Å². The number of nitrogens with zero attached hydrogens (tertiary/aromatic N) is 2. The van der Waals surface area contributed by atoms with Gasteiger partial charge in [-0.15, -0.1) is 0 Å². The Bertz CT molecular complexity index is 867.